The molecule has 0 aromatic heterocycles. The van der Waals surface area contributed by atoms with E-state index in [1.807, 2.05) is 6.08 Å². The molecule has 0 aliphatic heterocycles. The van der Waals surface area contributed by atoms with Crippen molar-refractivity contribution in [1.82, 2.24) is 0 Å². The van der Waals surface area contributed by atoms with Crippen LogP contribution in [-0.2, 0) is 11.8 Å². The second-order valence-corrected chi connectivity index (χ2v) is 10.8. The molecule has 0 N–H and O–H groups in total. The fourth-order valence-electron chi connectivity index (χ4n) is 6.81. The lowest BCUT2D eigenvalue weighted by molar-refractivity contribution is 0.769. The van der Waals surface area contributed by atoms with E-state index in [1.165, 1.54) is 55.3 Å². The first-order chi connectivity index (χ1) is 20.8. The van der Waals surface area contributed by atoms with Crippen molar-refractivity contribution >= 4 is 10.8 Å². The average Bonchev–Trinajstić information content (AvgIpc) is 3.37. The molecule has 1 aliphatic carbocycles. The van der Waals surface area contributed by atoms with Crippen LogP contribution in [0.2, 0.25) is 0 Å². The van der Waals surface area contributed by atoms with Gasteiger partial charge in [0.15, 0.2) is 0 Å². The summed E-state index contributed by atoms with van der Waals surface area (Å²) >= 11 is 0. The standard InChI is InChI=1S/C41H29N/c1-2-29(28-42)24-25-30-14-13-15-31(26-30)37-27-39-40(35-21-10-9-20-34(35)37)36-22-11-12-23-38(36)41(39,32-16-5-3-6-17-32)33-18-7-4-8-19-33/h2-24,26-27H,1,25H2/b29-24+. The normalized spacial score (nSPS) is 13.3. The van der Waals surface area contributed by atoms with E-state index in [4.69, 9.17) is 0 Å². The third-order valence-corrected chi connectivity index (χ3v) is 8.61. The van der Waals surface area contributed by atoms with E-state index in [9.17, 15) is 5.26 Å². The molecule has 0 atom stereocenters. The molecule has 1 aliphatic rings. The predicted octanol–water partition coefficient (Wildman–Crippen LogP) is 10.0. The topological polar surface area (TPSA) is 23.8 Å². The first-order valence-electron chi connectivity index (χ1n) is 14.3. The lowest BCUT2D eigenvalue weighted by Gasteiger charge is -2.34. The highest BCUT2D eigenvalue weighted by molar-refractivity contribution is 6.10. The van der Waals surface area contributed by atoms with Gasteiger partial charge in [-0.25, -0.2) is 0 Å². The molecule has 1 nitrogen and oxygen atoms in total. The molecule has 0 heterocycles. The predicted molar refractivity (Wildman–Crippen MR) is 174 cm³/mol. The number of hydrogen-bond donors (Lipinski definition) is 0. The molecule has 0 amide bonds. The Morgan fingerprint density at radius 2 is 1.29 bits per heavy atom. The van der Waals surface area contributed by atoms with Crippen LogP contribution in [0.1, 0.15) is 27.8 Å². The van der Waals surface area contributed by atoms with Crippen LogP contribution in [0.5, 0.6) is 0 Å². The molecule has 0 saturated heterocycles. The van der Waals surface area contributed by atoms with E-state index < -0.39 is 5.41 Å². The molecule has 0 radical (unpaired) electrons. The van der Waals surface area contributed by atoms with Gasteiger partial charge in [-0.15, -0.1) is 0 Å². The highest BCUT2D eigenvalue weighted by Gasteiger charge is 2.46. The lowest BCUT2D eigenvalue weighted by Crippen LogP contribution is -2.28. The fraction of sp³-hybridized carbons (Fsp3) is 0.0488. The molecule has 7 rings (SSSR count). The van der Waals surface area contributed by atoms with Crippen LogP contribution in [-0.4, -0.2) is 0 Å². The summed E-state index contributed by atoms with van der Waals surface area (Å²) in [5.74, 6) is 0. The van der Waals surface area contributed by atoms with E-state index in [0.29, 0.717) is 12.0 Å². The minimum absolute atomic E-state index is 0.459. The second kappa shape index (κ2) is 10.5. The van der Waals surface area contributed by atoms with E-state index in [1.54, 1.807) is 6.08 Å². The van der Waals surface area contributed by atoms with E-state index in [-0.39, 0.29) is 0 Å². The van der Waals surface area contributed by atoms with Crippen LogP contribution < -0.4 is 0 Å². The average molecular weight is 536 g/mol. The van der Waals surface area contributed by atoms with Gasteiger partial charge in [-0.3, -0.25) is 0 Å². The zero-order valence-electron chi connectivity index (χ0n) is 23.3. The maximum atomic E-state index is 9.37. The third-order valence-electron chi connectivity index (χ3n) is 8.61. The number of nitriles is 1. The summed E-state index contributed by atoms with van der Waals surface area (Å²) in [5.41, 5.74) is 11.4. The Bertz CT molecular complexity index is 1980. The Labute approximate surface area is 247 Å². The van der Waals surface area contributed by atoms with Crippen LogP contribution in [0, 0.1) is 11.3 Å². The Morgan fingerprint density at radius 3 is 1.98 bits per heavy atom. The Balaban J connectivity index is 1.57. The smallest absolute Gasteiger partial charge is 0.0988 e. The molecule has 0 bridgehead atoms. The van der Waals surface area contributed by atoms with Crippen molar-refractivity contribution in [3.05, 3.63) is 192 Å². The van der Waals surface area contributed by atoms with Gasteiger partial charge in [-0.2, -0.15) is 5.26 Å². The Morgan fingerprint density at radius 1 is 0.643 bits per heavy atom. The van der Waals surface area contributed by atoms with Gasteiger partial charge in [0.2, 0.25) is 0 Å². The van der Waals surface area contributed by atoms with Crippen LogP contribution in [0.15, 0.2) is 164 Å². The molecule has 1 heteroatoms. The molecule has 0 fully saturated rings. The van der Waals surface area contributed by atoms with Gasteiger partial charge in [-0.05, 0) is 73.3 Å². The summed E-state index contributed by atoms with van der Waals surface area (Å²) in [6.07, 6.45) is 4.23. The number of fused-ring (bicyclic) bond motifs is 5. The molecule has 0 unspecified atom stereocenters. The molecular weight excluding hydrogens is 506 g/mol. The quantitative estimate of drug-likeness (QED) is 0.153. The maximum Gasteiger partial charge on any atom is 0.0988 e. The van der Waals surface area contributed by atoms with E-state index in [2.05, 4.69) is 152 Å². The summed E-state index contributed by atoms with van der Waals surface area (Å²) < 4.78 is 0. The molecule has 0 saturated carbocycles. The molecule has 0 spiro atoms. The van der Waals surface area contributed by atoms with Crippen molar-refractivity contribution in [2.45, 2.75) is 11.8 Å². The SMILES string of the molecule is C=C/C(C#N)=C\Cc1cccc(-c2cc3c(c4ccccc24)-c2ccccc2C3(c2ccccc2)c2ccccc2)c1. The minimum Gasteiger partial charge on any atom is -0.192 e. The van der Waals surface area contributed by atoms with Crippen LogP contribution in [0.4, 0.5) is 0 Å². The van der Waals surface area contributed by atoms with Gasteiger partial charge in [-0.1, -0.05) is 152 Å². The van der Waals surface area contributed by atoms with Gasteiger partial charge in [0.05, 0.1) is 11.5 Å². The summed E-state index contributed by atoms with van der Waals surface area (Å²) in [7, 11) is 0. The summed E-state index contributed by atoms with van der Waals surface area (Å²) in [6, 6.07) is 53.0. The highest BCUT2D eigenvalue weighted by Crippen LogP contribution is 2.58. The maximum absolute atomic E-state index is 9.37. The number of rotatable bonds is 6. The van der Waals surface area contributed by atoms with Crippen molar-refractivity contribution in [2.75, 3.05) is 0 Å². The summed E-state index contributed by atoms with van der Waals surface area (Å²) in [6.45, 7) is 3.77. The summed E-state index contributed by atoms with van der Waals surface area (Å²) in [5, 5.41) is 11.9. The zero-order valence-corrected chi connectivity index (χ0v) is 23.3. The summed E-state index contributed by atoms with van der Waals surface area (Å²) in [4.78, 5) is 0. The first kappa shape index (κ1) is 25.5. The van der Waals surface area contributed by atoms with Crippen LogP contribution in [0.3, 0.4) is 0 Å². The van der Waals surface area contributed by atoms with Gasteiger partial charge in [0.25, 0.3) is 0 Å². The Hall–Kier alpha value is -5.45. The Kier molecular flexibility index (Phi) is 6.38. The molecule has 6 aromatic rings. The van der Waals surface area contributed by atoms with Crippen molar-refractivity contribution in [1.29, 1.82) is 5.26 Å². The zero-order chi connectivity index (χ0) is 28.5. The minimum atomic E-state index is -0.459. The lowest BCUT2D eigenvalue weighted by atomic mass is 9.67. The van der Waals surface area contributed by atoms with Crippen molar-refractivity contribution < 1.29 is 0 Å². The molecule has 42 heavy (non-hydrogen) atoms. The molecule has 6 aromatic carbocycles. The van der Waals surface area contributed by atoms with Crippen LogP contribution >= 0.6 is 0 Å². The van der Waals surface area contributed by atoms with Crippen molar-refractivity contribution in [2.24, 2.45) is 0 Å². The van der Waals surface area contributed by atoms with E-state index >= 15 is 0 Å². The van der Waals surface area contributed by atoms with Crippen molar-refractivity contribution in [3.8, 4) is 28.3 Å². The first-order valence-corrected chi connectivity index (χ1v) is 14.3. The number of allylic oxidation sites excluding steroid dienone is 3. The van der Waals surface area contributed by atoms with Crippen LogP contribution in [0.25, 0.3) is 33.0 Å². The second-order valence-electron chi connectivity index (χ2n) is 10.8. The molecular formula is C41H29N. The number of nitrogens with zero attached hydrogens (tertiary/aromatic N) is 1. The van der Waals surface area contributed by atoms with Gasteiger partial charge in [0.1, 0.15) is 0 Å². The largest absolute Gasteiger partial charge is 0.192 e. The van der Waals surface area contributed by atoms with E-state index in [0.717, 1.165) is 5.56 Å². The monoisotopic (exact) mass is 535 g/mol. The third kappa shape index (κ3) is 3.92. The fourth-order valence-corrected chi connectivity index (χ4v) is 6.81. The van der Waals surface area contributed by atoms with Crippen molar-refractivity contribution in [3.63, 3.8) is 0 Å². The van der Waals surface area contributed by atoms with Gasteiger partial charge in [0, 0.05) is 5.57 Å². The highest BCUT2D eigenvalue weighted by atomic mass is 14.5. The van der Waals surface area contributed by atoms with Gasteiger partial charge >= 0.3 is 0 Å². The molecule has 198 valence electrons. The number of hydrogen-bond acceptors (Lipinski definition) is 1. The van der Waals surface area contributed by atoms with Gasteiger partial charge < -0.3 is 0 Å². The number of benzene rings is 6.